The molecule has 2 aromatic rings. The summed E-state index contributed by atoms with van der Waals surface area (Å²) in [6, 6.07) is 1.86. The molecule has 2 heterocycles. The molecule has 0 fully saturated rings. The quantitative estimate of drug-likeness (QED) is 0.659. The van der Waals surface area contributed by atoms with Gasteiger partial charge in [-0.25, -0.2) is 4.98 Å². The predicted octanol–water partition coefficient (Wildman–Crippen LogP) is 1.78. The molecule has 0 saturated carbocycles. The highest BCUT2D eigenvalue weighted by Gasteiger charge is 2.03. The second-order valence-corrected chi connectivity index (χ2v) is 3.01. The first kappa shape index (κ1) is 8.83. The molecule has 0 spiro atoms. The fourth-order valence-corrected chi connectivity index (χ4v) is 1.14. The summed E-state index contributed by atoms with van der Waals surface area (Å²) in [7, 11) is 0. The highest BCUT2D eigenvalue weighted by atomic mass is 35.5. The van der Waals surface area contributed by atoms with Crippen LogP contribution in [-0.2, 0) is 0 Å². The molecule has 14 heavy (non-hydrogen) atoms. The topological polar surface area (TPSA) is 79.6 Å². The van der Waals surface area contributed by atoms with Crippen LogP contribution in [0.2, 0.25) is 5.28 Å². The van der Waals surface area contributed by atoms with Gasteiger partial charge in [0.25, 0.3) is 0 Å². The molecule has 0 radical (unpaired) electrons. The Morgan fingerprint density at radius 1 is 1.50 bits per heavy atom. The van der Waals surface area contributed by atoms with Crippen molar-refractivity contribution >= 4 is 28.8 Å². The van der Waals surface area contributed by atoms with Crippen molar-refractivity contribution in [3.8, 4) is 0 Å². The van der Waals surface area contributed by atoms with E-state index in [1.54, 1.807) is 12.4 Å². The summed E-state index contributed by atoms with van der Waals surface area (Å²) >= 11 is 5.63. The predicted molar refractivity (Wildman–Crippen MR) is 55.5 cm³/mol. The molecule has 0 unspecified atom stereocenters. The number of anilines is 3. The van der Waals surface area contributed by atoms with Crippen molar-refractivity contribution in [1.29, 1.82) is 0 Å². The van der Waals surface area contributed by atoms with Crippen LogP contribution in [0.5, 0.6) is 0 Å². The first-order chi connectivity index (χ1) is 6.75. The maximum absolute atomic E-state index is 5.65. The van der Waals surface area contributed by atoms with E-state index in [2.05, 4.69) is 20.3 Å². The number of nitrogen functional groups attached to an aromatic ring is 1. The lowest BCUT2D eigenvalue weighted by atomic mass is 10.4. The first-order valence-corrected chi connectivity index (χ1v) is 4.31. The van der Waals surface area contributed by atoms with Crippen molar-refractivity contribution in [3.63, 3.8) is 0 Å². The zero-order valence-electron chi connectivity index (χ0n) is 7.16. The Morgan fingerprint density at radius 2 is 2.36 bits per heavy atom. The molecule has 6 heteroatoms. The minimum Gasteiger partial charge on any atom is -0.394 e. The van der Waals surface area contributed by atoms with Gasteiger partial charge in [0.2, 0.25) is 5.28 Å². The Hall–Kier alpha value is -1.75. The molecule has 2 aromatic heterocycles. The maximum atomic E-state index is 5.65. The van der Waals surface area contributed by atoms with E-state index in [1.165, 1.54) is 6.20 Å². The third kappa shape index (κ3) is 1.77. The Bertz CT molecular complexity index is 425. The Kier molecular flexibility index (Phi) is 2.24. The van der Waals surface area contributed by atoms with Gasteiger partial charge in [-0.15, -0.1) is 0 Å². The van der Waals surface area contributed by atoms with Crippen molar-refractivity contribution in [1.82, 2.24) is 15.0 Å². The highest BCUT2D eigenvalue weighted by molar-refractivity contribution is 6.28. The van der Waals surface area contributed by atoms with Gasteiger partial charge in [0.1, 0.15) is 0 Å². The third-order valence-corrected chi connectivity index (χ3v) is 1.83. The highest BCUT2D eigenvalue weighted by Crippen LogP contribution is 2.20. The zero-order valence-corrected chi connectivity index (χ0v) is 7.92. The van der Waals surface area contributed by atoms with Gasteiger partial charge in [0.05, 0.1) is 17.6 Å². The number of aromatic nitrogens is 3. The summed E-state index contributed by atoms with van der Waals surface area (Å²) < 4.78 is 0. The summed E-state index contributed by atoms with van der Waals surface area (Å²) in [6.07, 6.45) is 5.04. The summed E-state index contributed by atoms with van der Waals surface area (Å²) in [5, 5.41) is 3.17. The Morgan fingerprint density at radius 3 is 3.07 bits per heavy atom. The molecule has 0 bridgehead atoms. The van der Waals surface area contributed by atoms with Crippen LogP contribution in [0, 0.1) is 0 Å². The third-order valence-electron chi connectivity index (χ3n) is 1.65. The average molecular weight is 210 g/mol. The lowest BCUT2D eigenvalue weighted by Gasteiger charge is -2.05. The molecule has 0 aliphatic rings. The van der Waals surface area contributed by atoms with Crippen LogP contribution >= 0.6 is 11.6 Å². The molecule has 0 saturated heterocycles. The van der Waals surface area contributed by atoms with Crippen LogP contribution in [0.15, 0.2) is 24.7 Å². The maximum Gasteiger partial charge on any atom is 0.224 e. The van der Waals surface area contributed by atoms with Gasteiger partial charge in [-0.1, -0.05) is 0 Å². The lowest BCUT2D eigenvalue weighted by Crippen LogP contribution is -1.99. The second-order valence-electron chi connectivity index (χ2n) is 2.67. The standard InChI is InChI=1S/C8H8ClN5/c9-8-12-4-6(10)7(14-8)13-5-1-2-11-3-5/h1-4,11H,10H2,(H,12,13,14). The molecular formula is C8H8ClN5. The molecule has 5 nitrogen and oxygen atoms in total. The van der Waals surface area contributed by atoms with E-state index in [0.29, 0.717) is 11.5 Å². The number of halogens is 1. The number of rotatable bonds is 2. The Balaban J connectivity index is 2.28. The summed E-state index contributed by atoms with van der Waals surface area (Å²) in [5.41, 5.74) is 6.97. The monoisotopic (exact) mass is 209 g/mol. The van der Waals surface area contributed by atoms with Gasteiger partial charge in [0, 0.05) is 12.4 Å². The van der Waals surface area contributed by atoms with Crippen LogP contribution in [0.3, 0.4) is 0 Å². The van der Waals surface area contributed by atoms with Crippen molar-refractivity contribution < 1.29 is 0 Å². The van der Waals surface area contributed by atoms with E-state index in [1.807, 2.05) is 6.07 Å². The summed E-state index contributed by atoms with van der Waals surface area (Å²) in [5.74, 6) is 0.504. The minimum absolute atomic E-state index is 0.164. The smallest absolute Gasteiger partial charge is 0.224 e. The van der Waals surface area contributed by atoms with Gasteiger partial charge >= 0.3 is 0 Å². The van der Waals surface area contributed by atoms with E-state index in [0.717, 1.165) is 5.69 Å². The van der Waals surface area contributed by atoms with Gasteiger partial charge in [-0.2, -0.15) is 4.98 Å². The van der Waals surface area contributed by atoms with E-state index < -0.39 is 0 Å². The van der Waals surface area contributed by atoms with E-state index >= 15 is 0 Å². The lowest BCUT2D eigenvalue weighted by molar-refractivity contribution is 1.17. The van der Waals surface area contributed by atoms with Crippen molar-refractivity contribution in [3.05, 3.63) is 29.9 Å². The fourth-order valence-electron chi connectivity index (χ4n) is 1.01. The molecule has 0 aliphatic heterocycles. The Labute approximate surface area is 85.3 Å². The first-order valence-electron chi connectivity index (χ1n) is 3.93. The van der Waals surface area contributed by atoms with Crippen molar-refractivity contribution in [2.45, 2.75) is 0 Å². The SMILES string of the molecule is Nc1cnc(Cl)nc1Nc1cc[nH]c1. The van der Waals surface area contributed by atoms with E-state index in [9.17, 15) is 0 Å². The number of nitrogens with two attached hydrogens (primary N) is 1. The minimum atomic E-state index is 0.164. The van der Waals surface area contributed by atoms with E-state index in [-0.39, 0.29) is 5.28 Å². The number of nitrogens with one attached hydrogen (secondary N) is 2. The molecule has 0 atom stereocenters. The summed E-state index contributed by atoms with van der Waals surface area (Å²) in [6.45, 7) is 0. The number of hydrogen-bond donors (Lipinski definition) is 3. The molecule has 2 rings (SSSR count). The van der Waals surface area contributed by atoms with Crippen molar-refractivity contribution in [2.24, 2.45) is 0 Å². The summed E-state index contributed by atoms with van der Waals surface area (Å²) in [4.78, 5) is 10.6. The van der Waals surface area contributed by atoms with Crippen molar-refractivity contribution in [2.75, 3.05) is 11.1 Å². The molecule has 4 N–H and O–H groups in total. The molecule has 72 valence electrons. The van der Waals surface area contributed by atoms with Gasteiger partial charge in [-0.05, 0) is 17.7 Å². The van der Waals surface area contributed by atoms with Gasteiger partial charge in [0.15, 0.2) is 5.82 Å². The van der Waals surface area contributed by atoms with Gasteiger partial charge in [-0.3, -0.25) is 0 Å². The van der Waals surface area contributed by atoms with Crippen LogP contribution in [0.1, 0.15) is 0 Å². The number of H-pyrrole nitrogens is 1. The normalized spacial score (nSPS) is 10.1. The van der Waals surface area contributed by atoms with Crippen LogP contribution < -0.4 is 11.1 Å². The van der Waals surface area contributed by atoms with Crippen LogP contribution in [0.25, 0.3) is 0 Å². The largest absolute Gasteiger partial charge is 0.394 e. The molecule has 0 aromatic carbocycles. The van der Waals surface area contributed by atoms with Crippen LogP contribution in [0.4, 0.5) is 17.2 Å². The molecule has 0 amide bonds. The molecular weight excluding hydrogens is 202 g/mol. The number of nitrogens with zero attached hydrogens (tertiary/aromatic N) is 2. The van der Waals surface area contributed by atoms with Crippen LogP contribution in [-0.4, -0.2) is 15.0 Å². The molecule has 0 aliphatic carbocycles. The number of aromatic amines is 1. The number of hydrogen-bond acceptors (Lipinski definition) is 4. The second kappa shape index (κ2) is 3.55. The van der Waals surface area contributed by atoms with Gasteiger partial charge < -0.3 is 16.0 Å². The average Bonchev–Trinajstić information content (AvgIpc) is 2.64. The zero-order chi connectivity index (χ0) is 9.97. The van der Waals surface area contributed by atoms with E-state index in [4.69, 9.17) is 17.3 Å². The fraction of sp³-hybridized carbons (Fsp3) is 0.